The SMILES string of the molecule is O=C1N=c2ccccc2=C1c1sc(=O)n(CC(=O)N2CCCCC2)c1O. The van der Waals surface area contributed by atoms with Crippen molar-refractivity contribution in [2.24, 2.45) is 4.99 Å². The van der Waals surface area contributed by atoms with Crippen LogP contribution in [0.15, 0.2) is 34.1 Å². The Kier molecular flexibility index (Phi) is 4.20. The number of benzene rings is 1. The fourth-order valence-electron chi connectivity index (χ4n) is 3.36. The predicted octanol–water partition coefficient (Wildman–Crippen LogP) is -0.0133. The first kappa shape index (κ1) is 16.7. The molecule has 7 nitrogen and oxygen atoms in total. The summed E-state index contributed by atoms with van der Waals surface area (Å²) in [5.74, 6) is -1.03. The summed E-state index contributed by atoms with van der Waals surface area (Å²) in [5, 5.41) is 11.7. The van der Waals surface area contributed by atoms with E-state index in [1.165, 1.54) is 0 Å². The lowest BCUT2D eigenvalue weighted by Crippen LogP contribution is -2.38. The molecule has 0 unspecified atom stereocenters. The van der Waals surface area contributed by atoms with Crippen molar-refractivity contribution < 1.29 is 14.7 Å². The summed E-state index contributed by atoms with van der Waals surface area (Å²) in [5.41, 5.74) is 0.212. The summed E-state index contributed by atoms with van der Waals surface area (Å²) in [7, 11) is 0. The van der Waals surface area contributed by atoms with Crippen molar-refractivity contribution in [2.45, 2.75) is 25.8 Å². The summed E-state index contributed by atoms with van der Waals surface area (Å²) < 4.78 is 1.04. The second-order valence-electron chi connectivity index (χ2n) is 6.36. The van der Waals surface area contributed by atoms with E-state index in [9.17, 15) is 19.5 Å². The number of likely N-dealkylation sites (tertiary alicyclic amines) is 1. The van der Waals surface area contributed by atoms with Crippen molar-refractivity contribution in [2.75, 3.05) is 13.1 Å². The number of aromatic hydroxyl groups is 1. The Morgan fingerprint density at radius 2 is 1.88 bits per heavy atom. The van der Waals surface area contributed by atoms with E-state index in [-0.39, 0.29) is 28.8 Å². The van der Waals surface area contributed by atoms with Crippen LogP contribution in [-0.2, 0) is 16.1 Å². The third-order valence-electron chi connectivity index (χ3n) is 4.71. The number of fused-ring (bicyclic) bond motifs is 1. The van der Waals surface area contributed by atoms with Gasteiger partial charge in [-0.15, -0.1) is 0 Å². The molecule has 2 aromatic rings. The van der Waals surface area contributed by atoms with E-state index in [1.54, 1.807) is 29.2 Å². The smallest absolute Gasteiger partial charge is 0.311 e. The second kappa shape index (κ2) is 6.53. The minimum absolute atomic E-state index is 0.167. The molecule has 1 aromatic carbocycles. The minimum Gasteiger partial charge on any atom is -0.493 e. The number of nitrogens with zero attached hydrogens (tertiary/aromatic N) is 3. The molecule has 134 valence electrons. The molecule has 3 heterocycles. The lowest BCUT2D eigenvalue weighted by molar-refractivity contribution is -0.132. The molecule has 4 rings (SSSR count). The average molecular weight is 371 g/mol. The van der Waals surface area contributed by atoms with Gasteiger partial charge in [-0.2, -0.15) is 0 Å². The van der Waals surface area contributed by atoms with Gasteiger partial charge in [0.1, 0.15) is 11.4 Å². The van der Waals surface area contributed by atoms with Crippen LogP contribution in [-0.4, -0.2) is 39.5 Å². The maximum Gasteiger partial charge on any atom is 0.311 e. The zero-order valence-corrected chi connectivity index (χ0v) is 14.8. The molecule has 1 N–H and O–H groups in total. The number of hydrogen-bond acceptors (Lipinski definition) is 5. The Bertz CT molecular complexity index is 1080. The fourth-order valence-corrected chi connectivity index (χ4v) is 4.30. The quantitative estimate of drug-likeness (QED) is 0.821. The highest BCUT2D eigenvalue weighted by atomic mass is 32.1. The van der Waals surface area contributed by atoms with Crippen LogP contribution in [0.3, 0.4) is 0 Å². The highest BCUT2D eigenvalue weighted by molar-refractivity contribution is 7.11. The molecule has 1 aromatic heterocycles. The molecule has 1 saturated heterocycles. The molecule has 2 aliphatic heterocycles. The Morgan fingerprint density at radius 1 is 1.15 bits per heavy atom. The molecule has 0 spiro atoms. The van der Waals surface area contributed by atoms with Crippen molar-refractivity contribution in [3.8, 4) is 5.88 Å². The van der Waals surface area contributed by atoms with Gasteiger partial charge in [-0.25, -0.2) is 4.99 Å². The monoisotopic (exact) mass is 371 g/mol. The Hall–Kier alpha value is -2.74. The average Bonchev–Trinajstić information content (AvgIpc) is 3.12. The van der Waals surface area contributed by atoms with Gasteiger partial charge >= 0.3 is 4.87 Å². The maximum atomic E-state index is 12.4. The summed E-state index contributed by atoms with van der Waals surface area (Å²) in [4.78, 5) is 42.4. The molecule has 26 heavy (non-hydrogen) atoms. The number of carbonyl (C=O) groups excluding carboxylic acids is 2. The largest absolute Gasteiger partial charge is 0.493 e. The van der Waals surface area contributed by atoms with E-state index in [0.717, 1.165) is 35.2 Å². The van der Waals surface area contributed by atoms with Gasteiger partial charge in [0.05, 0.1) is 10.9 Å². The fraction of sp³-hybridized carbons (Fsp3) is 0.333. The van der Waals surface area contributed by atoms with Crippen LogP contribution in [0.1, 0.15) is 24.1 Å². The number of rotatable bonds is 3. The van der Waals surface area contributed by atoms with E-state index < -0.39 is 10.8 Å². The highest BCUT2D eigenvalue weighted by Gasteiger charge is 2.27. The zero-order chi connectivity index (χ0) is 18.3. The van der Waals surface area contributed by atoms with Gasteiger partial charge in [-0.05, 0) is 25.3 Å². The van der Waals surface area contributed by atoms with E-state index in [1.807, 2.05) is 0 Å². The first-order valence-corrected chi connectivity index (χ1v) is 9.31. The molecule has 0 radical (unpaired) electrons. The van der Waals surface area contributed by atoms with Crippen molar-refractivity contribution in [3.63, 3.8) is 0 Å². The van der Waals surface area contributed by atoms with Gasteiger partial charge in [0.25, 0.3) is 5.91 Å². The molecule has 8 heteroatoms. The third kappa shape index (κ3) is 2.76. The van der Waals surface area contributed by atoms with Gasteiger partial charge in [0, 0.05) is 18.3 Å². The normalized spacial score (nSPS) is 16.5. The van der Waals surface area contributed by atoms with Crippen LogP contribution in [0, 0.1) is 0 Å². The molecular weight excluding hydrogens is 354 g/mol. The molecule has 0 aliphatic carbocycles. The molecule has 0 atom stereocenters. The lowest BCUT2D eigenvalue weighted by Gasteiger charge is -2.26. The molecule has 2 amide bonds. The zero-order valence-electron chi connectivity index (χ0n) is 14.0. The molecule has 1 fully saturated rings. The predicted molar refractivity (Wildman–Crippen MR) is 95.4 cm³/mol. The standard InChI is InChI=1S/C18H17N3O4S/c22-13(20-8-4-1-5-9-20)10-21-17(24)15(26-18(21)25)14-11-6-2-3-7-12(11)19-16(14)23/h2-3,6-7,24H,1,4-5,8-10H2. The number of thiazole rings is 1. The van der Waals surface area contributed by atoms with Crippen LogP contribution >= 0.6 is 11.3 Å². The van der Waals surface area contributed by atoms with Crippen LogP contribution < -0.4 is 15.4 Å². The number of aromatic nitrogens is 1. The number of hydrogen-bond donors (Lipinski definition) is 1. The van der Waals surface area contributed by atoms with Gasteiger partial charge in [-0.1, -0.05) is 29.5 Å². The Labute approximate surface area is 152 Å². The van der Waals surface area contributed by atoms with Gasteiger partial charge in [0.2, 0.25) is 11.8 Å². The van der Waals surface area contributed by atoms with Gasteiger partial charge in [-0.3, -0.25) is 19.0 Å². The number of para-hydroxylation sites is 1. The molecule has 0 bridgehead atoms. The number of piperidine rings is 1. The minimum atomic E-state index is -0.489. The van der Waals surface area contributed by atoms with E-state index >= 15 is 0 Å². The van der Waals surface area contributed by atoms with Crippen molar-refractivity contribution >= 4 is 28.7 Å². The summed E-state index contributed by atoms with van der Waals surface area (Å²) in [6.07, 6.45) is 3.00. The van der Waals surface area contributed by atoms with Gasteiger partial charge in [0.15, 0.2) is 0 Å². The van der Waals surface area contributed by atoms with E-state index in [4.69, 9.17) is 0 Å². The van der Waals surface area contributed by atoms with Crippen molar-refractivity contribution in [3.05, 3.63) is 49.4 Å². The summed E-state index contributed by atoms with van der Waals surface area (Å²) in [6.45, 7) is 1.13. The highest BCUT2D eigenvalue weighted by Crippen LogP contribution is 2.28. The first-order chi connectivity index (χ1) is 12.6. The van der Waals surface area contributed by atoms with Crippen LogP contribution in [0.4, 0.5) is 0 Å². The maximum absolute atomic E-state index is 12.4. The van der Waals surface area contributed by atoms with Crippen LogP contribution in [0.25, 0.3) is 5.57 Å². The van der Waals surface area contributed by atoms with Crippen molar-refractivity contribution in [1.29, 1.82) is 0 Å². The summed E-state index contributed by atoms with van der Waals surface area (Å²) >= 11 is 0.763. The van der Waals surface area contributed by atoms with Gasteiger partial charge < -0.3 is 10.0 Å². The molecular formula is C18H17N3O4S. The topological polar surface area (TPSA) is 92.0 Å². The number of carbonyl (C=O) groups is 2. The molecule has 2 aliphatic rings. The van der Waals surface area contributed by atoms with E-state index in [2.05, 4.69) is 4.99 Å². The number of amides is 2. The van der Waals surface area contributed by atoms with Crippen molar-refractivity contribution in [1.82, 2.24) is 9.47 Å². The Morgan fingerprint density at radius 3 is 2.65 bits per heavy atom. The third-order valence-corrected chi connectivity index (χ3v) is 5.69. The second-order valence-corrected chi connectivity index (χ2v) is 7.32. The van der Waals surface area contributed by atoms with E-state index in [0.29, 0.717) is 23.7 Å². The lowest BCUT2D eigenvalue weighted by atomic mass is 10.1. The Balaban J connectivity index is 1.72. The summed E-state index contributed by atoms with van der Waals surface area (Å²) in [6, 6.07) is 6.97. The van der Waals surface area contributed by atoms with Crippen LogP contribution in [0.2, 0.25) is 0 Å². The first-order valence-electron chi connectivity index (χ1n) is 8.49. The molecule has 0 saturated carbocycles. The van der Waals surface area contributed by atoms with Crippen LogP contribution in [0.5, 0.6) is 5.88 Å².